The van der Waals surface area contributed by atoms with E-state index in [1.54, 1.807) is 21.3 Å². The monoisotopic (exact) mass is 310 g/mol. The largest absolute Gasteiger partial charge is 0.497 e. The normalized spacial score (nSPS) is 10.4. The van der Waals surface area contributed by atoms with E-state index in [4.69, 9.17) is 14.2 Å². The van der Waals surface area contributed by atoms with Crippen LogP contribution in [0, 0.1) is 0 Å². The van der Waals surface area contributed by atoms with E-state index < -0.39 is 0 Å². The first-order chi connectivity index (χ1) is 11.2. The summed E-state index contributed by atoms with van der Waals surface area (Å²) in [6.45, 7) is 0. The zero-order chi connectivity index (χ0) is 16.2. The quantitative estimate of drug-likeness (QED) is 0.779. The fraction of sp³-hybridized carbons (Fsp3) is 0.167. The van der Waals surface area contributed by atoms with Crippen LogP contribution in [0.3, 0.4) is 0 Å². The van der Waals surface area contributed by atoms with Gasteiger partial charge in [0.2, 0.25) is 0 Å². The molecule has 1 aromatic heterocycles. The fourth-order valence-corrected chi connectivity index (χ4v) is 2.39. The Labute approximate surface area is 134 Å². The first-order valence-electron chi connectivity index (χ1n) is 7.17. The zero-order valence-electron chi connectivity index (χ0n) is 13.3. The van der Waals surface area contributed by atoms with Crippen molar-refractivity contribution in [2.75, 3.05) is 21.3 Å². The van der Waals surface area contributed by atoms with Gasteiger partial charge < -0.3 is 14.2 Å². The Morgan fingerprint density at radius 2 is 1.48 bits per heavy atom. The fourth-order valence-electron chi connectivity index (χ4n) is 2.39. The summed E-state index contributed by atoms with van der Waals surface area (Å²) in [7, 11) is 4.93. The van der Waals surface area contributed by atoms with Crippen LogP contribution in [0.1, 0.15) is 0 Å². The SMILES string of the molecule is COc1ccc(-c2cc(-c3cc(OC)ccc3OC)[nH]n2)cc1. The van der Waals surface area contributed by atoms with Crippen molar-refractivity contribution in [1.82, 2.24) is 10.2 Å². The van der Waals surface area contributed by atoms with Crippen molar-refractivity contribution in [3.63, 3.8) is 0 Å². The molecule has 0 fully saturated rings. The molecule has 118 valence electrons. The summed E-state index contributed by atoms with van der Waals surface area (Å²) in [5.41, 5.74) is 3.63. The van der Waals surface area contributed by atoms with Gasteiger partial charge in [0.15, 0.2) is 0 Å². The smallest absolute Gasteiger partial charge is 0.128 e. The first kappa shape index (κ1) is 15.0. The standard InChI is InChI=1S/C18H18N2O3/c1-21-13-6-4-12(5-7-13)16-11-17(20-19-16)15-10-14(22-2)8-9-18(15)23-3/h4-11H,1-3H3,(H,19,20). The van der Waals surface area contributed by atoms with Gasteiger partial charge in [0.1, 0.15) is 17.2 Å². The Hall–Kier alpha value is -2.95. The van der Waals surface area contributed by atoms with E-state index in [0.29, 0.717) is 0 Å². The number of H-pyrrole nitrogens is 1. The highest BCUT2D eigenvalue weighted by Gasteiger charge is 2.12. The summed E-state index contributed by atoms with van der Waals surface area (Å²) in [5.74, 6) is 2.34. The van der Waals surface area contributed by atoms with E-state index in [1.165, 1.54) is 0 Å². The average molecular weight is 310 g/mol. The lowest BCUT2D eigenvalue weighted by Crippen LogP contribution is -1.90. The van der Waals surface area contributed by atoms with Gasteiger partial charge in [-0.05, 0) is 48.5 Å². The Bertz CT molecular complexity index is 794. The highest BCUT2D eigenvalue weighted by atomic mass is 16.5. The van der Waals surface area contributed by atoms with Gasteiger partial charge in [-0.15, -0.1) is 0 Å². The molecule has 0 atom stereocenters. The third-order valence-electron chi connectivity index (χ3n) is 3.66. The lowest BCUT2D eigenvalue weighted by atomic mass is 10.1. The Balaban J connectivity index is 1.98. The summed E-state index contributed by atoms with van der Waals surface area (Å²) < 4.78 is 15.9. The summed E-state index contributed by atoms with van der Waals surface area (Å²) in [5, 5.41) is 7.45. The molecule has 2 aromatic carbocycles. The van der Waals surface area contributed by atoms with Gasteiger partial charge in [-0.2, -0.15) is 5.10 Å². The maximum atomic E-state index is 5.42. The summed E-state index contributed by atoms with van der Waals surface area (Å²) in [6.07, 6.45) is 0. The number of aromatic amines is 1. The molecule has 3 rings (SSSR count). The number of nitrogens with zero attached hydrogens (tertiary/aromatic N) is 1. The lowest BCUT2D eigenvalue weighted by molar-refractivity contribution is 0.404. The number of nitrogens with one attached hydrogen (secondary N) is 1. The second kappa shape index (κ2) is 6.44. The third-order valence-corrected chi connectivity index (χ3v) is 3.66. The number of ether oxygens (including phenoxy) is 3. The predicted octanol–water partition coefficient (Wildman–Crippen LogP) is 3.77. The maximum absolute atomic E-state index is 5.42. The van der Waals surface area contributed by atoms with Crippen LogP contribution in [0.25, 0.3) is 22.5 Å². The molecule has 5 nitrogen and oxygen atoms in total. The number of benzene rings is 2. The highest BCUT2D eigenvalue weighted by molar-refractivity contribution is 5.73. The second-order valence-corrected chi connectivity index (χ2v) is 4.96. The molecule has 0 radical (unpaired) electrons. The van der Waals surface area contributed by atoms with E-state index >= 15 is 0 Å². The van der Waals surface area contributed by atoms with Gasteiger partial charge >= 0.3 is 0 Å². The van der Waals surface area contributed by atoms with Gasteiger partial charge in [0.25, 0.3) is 0 Å². The minimum atomic E-state index is 0.760. The molecule has 5 heteroatoms. The van der Waals surface area contributed by atoms with E-state index in [0.717, 1.165) is 39.8 Å². The Morgan fingerprint density at radius 1 is 0.783 bits per heavy atom. The molecular weight excluding hydrogens is 292 g/mol. The zero-order valence-corrected chi connectivity index (χ0v) is 13.3. The van der Waals surface area contributed by atoms with Crippen molar-refractivity contribution in [2.45, 2.75) is 0 Å². The molecule has 0 aliphatic rings. The van der Waals surface area contributed by atoms with Crippen molar-refractivity contribution < 1.29 is 14.2 Å². The average Bonchev–Trinajstić information content (AvgIpc) is 3.11. The molecule has 3 aromatic rings. The molecule has 0 aliphatic heterocycles. The molecule has 0 saturated heterocycles. The molecule has 1 heterocycles. The highest BCUT2D eigenvalue weighted by Crippen LogP contribution is 2.34. The van der Waals surface area contributed by atoms with Gasteiger partial charge in [-0.1, -0.05) is 0 Å². The predicted molar refractivity (Wildman–Crippen MR) is 89.1 cm³/mol. The number of hydrogen-bond acceptors (Lipinski definition) is 4. The molecular formula is C18H18N2O3. The maximum Gasteiger partial charge on any atom is 0.128 e. The first-order valence-corrected chi connectivity index (χ1v) is 7.17. The van der Waals surface area contributed by atoms with Crippen LogP contribution in [-0.4, -0.2) is 31.5 Å². The van der Waals surface area contributed by atoms with Crippen molar-refractivity contribution in [3.8, 4) is 39.8 Å². The molecule has 0 amide bonds. The molecule has 0 unspecified atom stereocenters. The Kier molecular flexibility index (Phi) is 4.19. The van der Waals surface area contributed by atoms with Crippen LogP contribution >= 0.6 is 0 Å². The van der Waals surface area contributed by atoms with E-state index in [-0.39, 0.29) is 0 Å². The molecule has 1 N–H and O–H groups in total. The number of rotatable bonds is 5. The molecule has 0 aliphatic carbocycles. The Morgan fingerprint density at radius 3 is 2.13 bits per heavy atom. The van der Waals surface area contributed by atoms with Gasteiger partial charge in [0, 0.05) is 11.1 Å². The topological polar surface area (TPSA) is 56.4 Å². The summed E-state index contributed by atoms with van der Waals surface area (Å²) in [4.78, 5) is 0. The molecule has 0 saturated carbocycles. The van der Waals surface area contributed by atoms with Gasteiger partial charge in [0.05, 0.1) is 32.7 Å². The van der Waals surface area contributed by atoms with E-state index in [2.05, 4.69) is 10.2 Å². The van der Waals surface area contributed by atoms with Gasteiger partial charge in [-0.3, -0.25) is 5.10 Å². The lowest BCUT2D eigenvalue weighted by Gasteiger charge is -2.08. The molecule has 0 bridgehead atoms. The van der Waals surface area contributed by atoms with Crippen LogP contribution in [-0.2, 0) is 0 Å². The second-order valence-electron chi connectivity index (χ2n) is 4.96. The molecule has 0 spiro atoms. The van der Waals surface area contributed by atoms with Crippen LogP contribution < -0.4 is 14.2 Å². The number of hydrogen-bond donors (Lipinski definition) is 1. The van der Waals surface area contributed by atoms with Crippen molar-refractivity contribution in [3.05, 3.63) is 48.5 Å². The minimum absolute atomic E-state index is 0.760. The minimum Gasteiger partial charge on any atom is -0.497 e. The van der Waals surface area contributed by atoms with Crippen molar-refractivity contribution in [2.24, 2.45) is 0 Å². The third kappa shape index (κ3) is 2.99. The van der Waals surface area contributed by atoms with E-state index in [9.17, 15) is 0 Å². The van der Waals surface area contributed by atoms with Crippen LogP contribution in [0.15, 0.2) is 48.5 Å². The van der Waals surface area contributed by atoms with Gasteiger partial charge in [-0.25, -0.2) is 0 Å². The van der Waals surface area contributed by atoms with Crippen LogP contribution in [0.5, 0.6) is 17.2 Å². The number of methoxy groups -OCH3 is 3. The van der Waals surface area contributed by atoms with Crippen LogP contribution in [0.2, 0.25) is 0 Å². The van der Waals surface area contributed by atoms with E-state index in [1.807, 2.05) is 48.5 Å². The van der Waals surface area contributed by atoms with Crippen molar-refractivity contribution in [1.29, 1.82) is 0 Å². The molecule has 23 heavy (non-hydrogen) atoms. The summed E-state index contributed by atoms with van der Waals surface area (Å²) in [6, 6.07) is 15.4. The van der Waals surface area contributed by atoms with Crippen molar-refractivity contribution >= 4 is 0 Å². The van der Waals surface area contributed by atoms with Crippen LogP contribution in [0.4, 0.5) is 0 Å². The number of aromatic nitrogens is 2. The summed E-state index contributed by atoms with van der Waals surface area (Å²) >= 11 is 0.